The van der Waals surface area contributed by atoms with E-state index in [9.17, 15) is 41.3 Å². The van der Waals surface area contributed by atoms with E-state index in [-0.39, 0.29) is 103 Å². The van der Waals surface area contributed by atoms with Crippen molar-refractivity contribution in [2.45, 2.75) is 16.7 Å². The van der Waals surface area contributed by atoms with Gasteiger partial charge in [-0.1, -0.05) is 6.07 Å². The maximum atomic E-state index is 12.7. The van der Waals surface area contributed by atoms with Crippen LogP contribution in [0.4, 0.5) is 22.7 Å². The molecule has 0 radical (unpaired) electrons. The zero-order chi connectivity index (χ0) is 33.5. The summed E-state index contributed by atoms with van der Waals surface area (Å²) in [7, 11) is -8.98. The molecule has 0 aromatic heterocycles. The molecule has 0 bridgehead atoms. The van der Waals surface area contributed by atoms with E-state index in [0.717, 1.165) is 0 Å². The normalized spacial score (nSPS) is 11.5. The summed E-state index contributed by atoms with van der Waals surface area (Å²) in [6.45, 7) is 0.501. The van der Waals surface area contributed by atoms with Crippen LogP contribution in [0.5, 0.6) is 5.75 Å². The first-order valence-electron chi connectivity index (χ1n) is 12.7. The zero-order valence-electron chi connectivity index (χ0n) is 25.4. The molecule has 3 N–H and O–H groups in total. The first-order valence-corrected chi connectivity index (χ1v) is 16.4. The Labute approximate surface area is 322 Å². The molecule has 48 heavy (non-hydrogen) atoms. The molecule has 0 saturated heterocycles. The molecule has 0 spiro atoms. The Hall–Kier alpha value is -2.47. The second kappa shape index (κ2) is 18.5. The van der Waals surface area contributed by atoms with Gasteiger partial charge in [0.05, 0.1) is 39.9 Å². The number of sulfone groups is 1. The van der Waals surface area contributed by atoms with Crippen LogP contribution in [0, 0.1) is 0 Å². The van der Waals surface area contributed by atoms with Crippen LogP contribution in [-0.4, -0.2) is 50.7 Å². The molecule has 21 heteroatoms. The molecule has 0 atom stereocenters. The van der Waals surface area contributed by atoms with Gasteiger partial charge in [-0.25, -0.2) is 16.8 Å². The van der Waals surface area contributed by atoms with Crippen molar-refractivity contribution in [3.63, 3.8) is 0 Å². The van der Waals surface area contributed by atoms with Crippen molar-refractivity contribution in [3.05, 3.63) is 78.4 Å². The van der Waals surface area contributed by atoms with Gasteiger partial charge in [0, 0.05) is 29.2 Å². The number of carbonyl (C=O) groups excluding carboxylic acids is 2. The largest absolute Gasteiger partial charge is 1.00 e. The van der Waals surface area contributed by atoms with Crippen LogP contribution in [0.15, 0.2) is 92.8 Å². The number of aromatic hydroxyl groups is 1. The van der Waals surface area contributed by atoms with Crippen molar-refractivity contribution in [2.24, 2.45) is 10.2 Å². The van der Waals surface area contributed by atoms with Crippen molar-refractivity contribution < 1.29 is 114 Å². The van der Waals surface area contributed by atoms with Gasteiger partial charge in [-0.05, 0) is 72.1 Å². The number of anilines is 2. The maximum Gasteiger partial charge on any atom is 1.00 e. The molecule has 0 heterocycles. The number of carbonyl (C=O) groups is 2. The van der Waals surface area contributed by atoms with E-state index in [1.807, 2.05) is 0 Å². The van der Waals surface area contributed by atoms with E-state index in [4.69, 9.17) is 0 Å². The van der Waals surface area contributed by atoms with Crippen molar-refractivity contribution >= 4 is 77.6 Å². The summed E-state index contributed by atoms with van der Waals surface area (Å²) in [6.07, 6.45) is 0. The van der Waals surface area contributed by atoms with Crippen molar-refractivity contribution in [3.8, 4) is 5.75 Å². The van der Waals surface area contributed by atoms with Crippen molar-refractivity contribution in [1.82, 2.24) is 0 Å². The molecule has 0 aliphatic rings. The molecule has 0 aliphatic heterocycles. The first kappa shape index (κ1) is 41.7. The summed E-state index contributed by atoms with van der Waals surface area (Å²) in [6, 6.07) is 17.2. The van der Waals surface area contributed by atoms with Crippen LogP contribution in [-0.2, 0) is 38.6 Å². The summed E-state index contributed by atoms with van der Waals surface area (Å²) in [4.78, 5) is 24.2. The molecule has 2 amide bonds. The number of hydrogen-bond acceptors (Lipinski definition) is 15. The van der Waals surface area contributed by atoms with Gasteiger partial charge in [0.25, 0.3) is 5.91 Å². The molecule has 0 unspecified atom stereocenters. The van der Waals surface area contributed by atoms with E-state index in [1.165, 1.54) is 61.5 Å². The first-order chi connectivity index (χ1) is 21.8. The van der Waals surface area contributed by atoms with Gasteiger partial charge < -0.3 is 25.6 Å². The minimum atomic E-state index is -5.03. The number of azo groups is 1. The number of nitrogens with one attached hydrogen (secondary N) is 2. The van der Waals surface area contributed by atoms with E-state index < -0.39 is 38.5 Å². The second-order valence-electron chi connectivity index (χ2n) is 9.18. The number of phenolic OH excluding ortho intramolecular Hbond substituents is 1. The number of amides is 2. The topological polar surface area (TPSA) is 245 Å². The van der Waals surface area contributed by atoms with E-state index in [0.29, 0.717) is 28.5 Å². The van der Waals surface area contributed by atoms with Gasteiger partial charge in [0.1, 0.15) is 5.69 Å². The number of nitrogens with zero attached hydrogens (tertiary/aromatic N) is 2. The molecule has 4 aromatic rings. The summed E-state index contributed by atoms with van der Waals surface area (Å²) in [5.41, 5.74) is 1.11. The molecule has 242 valence electrons. The second-order valence-corrected chi connectivity index (χ2v) is 13.1. The van der Waals surface area contributed by atoms with Gasteiger partial charge >= 0.3 is 59.1 Å². The van der Waals surface area contributed by atoms with E-state index >= 15 is 0 Å². The molecular weight excluding hydrogens is 714 g/mol. The summed E-state index contributed by atoms with van der Waals surface area (Å²) in [5.74, 6) is -1.91. The standard InChI is InChI=1S/C27H24N4O12S3.2Na/c1-16(32)28-21-7-4-18-14-24(44-43-42-35)25(26(33)23(18)15-21)31-30-20-5-2-17(3-6-20)27(34)29-19-8-10-22(11-9-19)45(36,37)13-12-41-46(38,39)40;;/h2-11,14-15,33,35H,12-13H2,1H3,(H,28,32)(H,29,34)(H,38,39,40);;/q;2*+1/p-2. The van der Waals surface area contributed by atoms with Crippen LogP contribution in [0.2, 0.25) is 0 Å². The smallest absolute Gasteiger partial charge is 0.726 e. The van der Waals surface area contributed by atoms with Gasteiger partial charge in [0.2, 0.25) is 16.3 Å². The Balaban J connectivity index is 0.00000400. The summed E-state index contributed by atoms with van der Waals surface area (Å²) in [5, 5.41) is 39.1. The SMILES string of the molecule is CC(=O)Nc1ccc2cc(SOO[O-])c(N=Nc3ccc(C(=O)Nc4ccc(S(=O)(=O)CCOS(=O)(=O)[O-])cc4)cc3)c(O)c2c1.[Na+].[Na+]. The average molecular weight is 737 g/mol. The number of fused-ring (bicyclic) bond motifs is 1. The number of benzene rings is 4. The third-order valence-corrected chi connectivity index (χ3v) is 8.73. The summed E-state index contributed by atoms with van der Waals surface area (Å²) < 4.78 is 64.5. The Morgan fingerprint density at radius 2 is 1.54 bits per heavy atom. The maximum absolute atomic E-state index is 12.7. The number of phenols is 1. The van der Waals surface area contributed by atoms with Crippen LogP contribution < -0.4 is 75.0 Å². The minimum Gasteiger partial charge on any atom is -0.726 e. The molecule has 16 nitrogen and oxygen atoms in total. The van der Waals surface area contributed by atoms with Crippen LogP contribution in [0.3, 0.4) is 0 Å². The van der Waals surface area contributed by atoms with E-state index in [1.54, 1.807) is 18.2 Å². The van der Waals surface area contributed by atoms with Gasteiger partial charge in [-0.3, -0.25) is 18.8 Å². The number of rotatable bonds is 13. The third-order valence-electron chi connectivity index (χ3n) is 5.97. The average Bonchev–Trinajstić information content (AvgIpc) is 2.99. The Morgan fingerprint density at radius 3 is 2.15 bits per heavy atom. The Morgan fingerprint density at radius 1 is 0.896 bits per heavy atom. The van der Waals surface area contributed by atoms with Gasteiger partial charge in [0.15, 0.2) is 15.6 Å². The van der Waals surface area contributed by atoms with Gasteiger partial charge in [-0.2, -0.15) is 9.45 Å². The Bertz CT molecular complexity index is 2010. The van der Waals surface area contributed by atoms with Crippen molar-refractivity contribution in [1.29, 1.82) is 0 Å². The Kier molecular flexibility index (Phi) is 16.1. The minimum absolute atomic E-state index is 0. The fourth-order valence-electron chi connectivity index (χ4n) is 3.93. The fraction of sp³-hybridized carbons (Fsp3) is 0.111. The molecule has 0 fully saturated rings. The quantitative estimate of drug-likeness (QED) is 0.0248. The van der Waals surface area contributed by atoms with Crippen LogP contribution in [0.1, 0.15) is 17.3 Å². The number of hydrogen-bond donors (Lipinski definition) is 3. The fourth-order valence-corrected chi connectivity index (χ4v) is 5.91. The molecule has 4 aromatic carbocycles. The van der Waals surface area contributed by atoms with Crippen molar-refractivity contribution in [2.75, 3.05) is 23.0 Å². The molecule has 0 saturated carbocycles. The summed E-state index contributed by atoms with van der Waals surface area (Å²) >= 11 is 0.496. The zero-order valence-corrected chi connectivity index (χ0v) is 31.8. The molecule has 0 aliphatic carbocycles. The third kappa shape index (κ3) is 11.8. The predicted octanol–water partition coefficient (Wildman–Crippen LogP) is -2.34. The van der Waals surface area contributed by atoms with Gasteiger partial charge in [-0.15, -0.1) is 5.11 Å². The predicted molar refractivity (Wildman–Crippen MR) is 161 cm³/mol. The van der Waals surface area contributed by atoms with Crippen LogP contribution in [0.25, 0.3) is 10.8 Å². The molecular formula is C27H22N4Na2O12S3. The monoisotopic (exact) mass is 736 g/mol. The van der Waals surface area contributed by atoms with E-state index in [2.05, 4.69) is 34.4 Å². The van der Waals surface area contributed by atoms with Crippen LogP contribution >= 0.6 is 12.0 Å². The molecule has 4 rings (SSSR count).